The van der Waals surface area contributed by atoms with Crippen LogP contribution in [0, 0.1) is 6.92 Å². The van der Waals surface area contributed by atoms with Crippen molar-refractivity contribution in [1.29, 1.82) is 0 Å². The van der Waals surface area contributed by atoms with Gasteiger partial charge in [-0.25, -0.2) is 13.1 Å². The Hall–Kier alpha value is -1.40. The van der Waals surface area contributed by atoms with Crippen LogP contribution in [-0.4, -0.2) is 39.4 Å². The maximum Gasteiger partial charge on any atom is 0.241 e. The maximum atomic E-state index is 12.1. The molecule has 1 N–H and O–H groups in total. The van der Waals surface area contributed by atoms with Gasteiger partial charge < -0.3 is 4.90 Å². The molecule has 0 unspecified atom stereocenters. The molecule has 0 fully saturated rings. The van der Waals surface area contributed by atoms with Crippen LogP contribution in [-0.2, 0) is 14.8 Å². The average molecular weight is 298 g/mol. The second kappa shape index (κ2) is 7.40. The van der Waals surface area contributed by atoms with Crippen molar-refractivity contribution in [3.05, 3.63) is 29.8 Å². The van der Waals surface area contributed by atoms with Gasteiger partial charge in [-0.1, -0.05) is 31.5 Å². The Morgan fingerprint density at radius 2 is 1.95 bits per heavy atom. The van der Waals surface area contributed by atoms with Gasteiger partial charge in [0, 0.05) is 13.6 Å². The SMILES string of the molecule is CCCCN(C)C(=O)CNS(=O)(=O)c1ccccc1C. The van der Waals surface area contributed by atoms with Crippen molar-refractivity contribution < 1.29 is 13.2 Å². The summed E-state index contributed by atoms with van der Waals surface area (Å²) in [4.78, 5) is 13.6. The van der Waals surface area contributed by atoms with E-state index in [1.54, 1.807) is 37.1 Å². The zero-order valence-corrected chi connectivity index (χ0v) is 13.0. The molecule has 0 spiro atoms. The molecule has 0 saturated heterocycles. The van der Waals surface area contributed by atoms with Gasteiger partial charge in [0.25, 0.3) is 0 Å². The van der Waals surface area contributed by atoms with Crippen LogP contribution in [0.25, 0.3) is 0 Å². The van der Waals surface area contributed by atoms with E-state index >= 15 is 0 Å². The molecule has 0 heterocycles. The summed E-state index contributed by atoms with van der Waals surface area (Å²) in [5.41, 5.74) is 0.659. The fraction of sp³-hybridized carbons (Fsp3) is 0.500. The number of unbranched alkanes of at least 4 members (excludes halogenated alkanes) is 1. The van der Waals surface area contributed by atoms with E-state index in [9.17, 15) is 13.2 Å². The van der Waals surface area contributed by atoms with Crippen molar-refractivity contribution >= 4 is 15.9 Å². The molecule has 5 nitrogen and oxygen atoms in total. The molecule has 112 valence electrons. The topological polar surface area (TPSA) is 66.5 Å². The number of nitrogens with zero attached hydrogens (tertiary/aromatic N) is 1. The summed E-state index contributed by atoms with van der Waals surface area (Å²) in [6, 6.07) is 6.70. The zero-order chi connectivity index (χ0) is 15.2. The largest absolute Gasteiger partial charge is 0.345 e. The summed E-state index contributed by atoms with van der Waals surface area (Å²) in [7, 11) is -1.96. The van der Waals surface area contributed by atoms with Crippen LogP contribution in [0.3, 0.4) is 0 Å². The first-order valence-corrected chi connectivity index (χ1v) is 8.16. The van der Waals surface area contributed by atoms with E-state index in [2.05, 4.69) is 4.72 Å². The Labute approximate surface area is 121 Å². The van der Waals surface area contributed by atoms with E-state index in [1.165, 1.54) is 6.07 Å². The molecule has 1 amide bonds. The standard InChI is InChI=1S/C14H22N2O3S/c1-4-5-10-16(3)14(17)11-15-20(18,19)13-9-7-6-8-12(13)2/h6-9,15H,4-5,10-11H2,1-3H3. The number of carbonyl (C=O) groups is 1. The van der Waals surface area contributed by atoms with Crippen LogP contribution in [0.2, 0.25) is 0 Å². The minimum Gasteiger partial charge on any atom is -0.345 e. The summed E-state index contributed by atoms with van der Waals surface area (Å²) in [5, 5.41) is 0. The molecule has 0 aromatic heterocycles. The molecular formula is C14H22N2O3S. The molecule has 6 heteroatoms. The van der Waals surface area contributed by atoms with Gasteiger partial charge in [0.2, 0.25) is 15.9 Å². The molecule has 1 aromatic carbocycles. The predicted octanol–water partition coefficient (Wildman–Crippen LogP) is 1.53. The summed E-state index contributed by atoms with van der Waals surface area (Å²) in [5.74, 6) is -0.226. The minimum absolute atomic E-state index is 0.211. The molecule has 0 bridgehead atoms. The highest BCUT2D eigenvalue weighted by molar-refractivity contribution is 7.89. The molecule has 0 aliphatic heterocycles. The molecule has 20 heavy (non-hydrogen) atoms. The second-order valence-electron chi connectivity index (χ2n) is 4.76. The van der Waals surface area contributed by atoms with Gasteiger partial charge in [-0.3, -0.25) is 4.79 Å². The van der Waals surface area contributed by atoms with Crippen LogP contribution in [0.1, 0.15) is 25.3 Å². The summed E-state index contributed by atoms with van der Waals surface area (Å²) in [6.07, 6.45) is 1.90. The zero-order valence-electron chi connectivity index (χ0n) is 12.2. The lowest BCUT2D eigenvalue weighted by molar-refractivity contribution is -0.128. The predicted molar refractivity (Wildman–Crippen MR) is 78.9 cm³/mol. The van der Waals surface area contributed by atoms with E-state index < -0.39 is 10.0 Å². The van der Waals surface area contributed by atoms with Gasteiger partial charge in [0.1, 0.15) is 0 Å². The number of rotatable bonds is 7. The molecule has 0 atom stereocenters. The number of benzene rings is 1. The van der Waals surface area contributed by atoms with Gasteiger partial charge in [0.05, 0.1) is 11.4 Å². The second-order valence-corrected chi connectivity index (χ2v) is 6.49. The quantitative estimate of drug-likeness (QED) is 0.830. The molecule has 0 aliphatic carbocycles. The van der Waals surface area contributed by atoms with E-state index in [0.717, 1.165) is 12.8 Å². The Balaban J connectivity index is 2.65. The number of likely N-dealkylation sites (N-methyl/N-ethyl adjacent to an activating group) is 1. The van der Waals surface area contributed by atoms with Crippen molar-refractivity contribution in [2.24, 2.45) is 0 Å². The van der Waals surface area contributed by atoms with E-state index in [1.807, 2.05) is 6.92 Å². The van der Waals surface area contributed by atoms with Crippen LogP contribution >= 0.6 is 0 Å². The smallest absolute Gasteiger partial charge is 0.241 e. The van der Waals surface area contributed by atoms with Crippen LogP contribution in [0.4, 0.5) is 0 Å². The molecule has 0 saturated carbocycles. The number of carbonyl (C=O) groups excluding carboxylic acids is 1. The summed E-state index contributed by atoms with van der Waals surface area (Å²) < 4.78 is 26.6. The Kier molecular flexibility index (Phi) is 6.16. The monoisotopic (exact) mass is 298 g/mol. The molecular weight excluding hydrogens is 276 g/mol. The first-order chi connectivity index (χ1) is 9.38. The highest BCUT2D eigenvalue weighted by Crippen LogP contribution is 2.13. The van der Waals surface area contributed by atoms with E-state index in [4.69, 9.17) is 0 Å². The van der Waals surface area contributed by atoms with Crippen molar-refractivity contribution in [2.75, 3.05) is 20.1 Å². The lowest BCUT2D eigenvalue weighted by atomic mass is 10.2. The fourth-order valence-electron chi connectivity index (χ4n) is 1.75. The van der Waals surface area contributed by atoms with E-state index in [0.29, 0.717) is 12.1 Å². The Morgan fingerprint density at radius 1 is 1.30 bits per heavy atom. The van der Waals surface area contributed by atoms with Gasteiger partial charge >= 0.3 is 0 Å². The third kappa shape index (κ3) is 4.61. The number of hydrogen-bond donors (Lipinski definition) is 1. The van der Waals surface area contributed by atoms with Crippen molar-refractivity contribution in [2.45, 2.75) is 31.6 Å². The minimum atomic E-state index is -3.64. The Bertz CT molecular complexity index is 555. The average Bonchev–Trinajstić information content (AvgIpc) is 2.42. The first-order valence-electron chi connectivity index (χ1n) is 6.67. The van der Waals surface area contributed by atoms with Crippen LogP contribution < -0.4 is 4.72 Å². The third-order valence-electron chi connectivity index (χ3n) is 3.07. The van der Waals surface area contributed by atoms with Crippen molar-refractivity contribution in [3.63, 3.8) is 0 Å². The maximum absolute atomic E-state index is 12.1. The van der Waals surface area contributed by atoms with Gasteiger partial charge in [-0.2, -0.15) is 0 Å². The van der Waals surface area contributed by atoms with Gasteiger partial charge in [-0.15, -0.1) is 0 Å². The highest BCUT2D eigenvalue weighted by atomic mass is 32.2. The number of nitrogens with one attached hydrogen (secondary N) is 1. The van der Waals surface area contributed by atoms with Crippen molar-refractivity contribution in [3.8, 4) is 0 Å². The number of sulfonamides is 1. The van der Waals surface area contributed by atoms with Crippen molar-refractivity contribution in [1.82, 2.24) is 9.62 Å². The lowest BCUT2D eigenvalue weighted by Crippen LogP contribution is -2.38. The lowest BCUT2D eigenvalue weighted by Gasteiger charge is -2.17. The summed E-state index contributed by atoms with van der Waals surface area (Å²) >= 11 is 0. The highest BCUT2D eigenvalue weighted by Gasteiger charge is 2.18. The van der Waals surface area contributed by atoms with Gasteiger partial charge in [0.15, 0.2) is 0 Å². The third-order valence-corrected chi connectivity index (χ3v) is 4.63. The first kappa shape index (κ1) is 16.7. The van der Waals surface area contributed by atoms with Gasteiger partial charge in [-0.05, 0) is 25.0 Å². The molecule has 0 radical (unpaired) electrons. The number of aryl methyl sites for hydroxylation is 1. The number of hydrogen-bond acceptors (Lipinski definition) is 3. The van der Waals surface area contributed by atoms with Crippen LogP contribution in [0.5, 0.6) is 0 Å². The normalized spacial score (nSPS) is 11.3. The van der Waals surface area contributed by atoms with E-state index in [-0.39, 0.29) is 17.3 Å². The van der Waals surface area contributed by atoms with Crippen LogP contribution in [0.15, 0.2) is 29.2 Å². The fourth-order valence-corrected chi connectivity index (χ4v) is 2.97. The summed E-state index contributed by atoms with van der Waals surface area (Å²) in [6.45, 7) is 4.20. The Morgan fingerprint density at radius 3 is 2.55 bits per heavy atom. The molecule has 1 aromatic rings. The molecule has 1 rings (SSSR count). The molecule has 0 aliphatic rings. The number of amides is 1.